The maximum absolute atomic E-state index is 13.4. The third kappa shape index (κ3) is 50.0. The van der Waals surface area contributed by atoms with Crippen LogP contribution in [0.3, 0.4) is 0 Å². The summed E-state index contributed by atoms with van der Waals surface area (Å²) in [4.78, 5) is 58.8. The van der Waals surface area contributed by atoms with Crippen molar-refractivity contribution in [3.05, 3.63) is 0 Å². The van der Waals surface area contributed by atoms with E-state index in [-0.39, 0.29) is 176 Å². The molecular formula is C71H145NO38P4-2. The van der Waals surface area contributed by atoms with Crippen LogP contribution < -0.4 is 15.1 Å². The SMILES string of the molecule is C.CC.CC.COCCCOCC(CO)COCCCOP(=O)([O-])OCC(COCCCOP(=O)([O-])OCCCCCCO[C@@H]1OC(CO)[C@H](O)[C@H](O)C1NC(C)=O)(COCCCOP(=O)(O)OCCCCCCO[C@@H]1OC(CO)[C@H](O)[C@H](C)C1C)COCCCOP(=O)(O)OCCCCCCO[C@@H]1OC(CO)[C@H](O)[C@H](O)C1C. The highest BCUT2D eigenvalue weighted by Gasteiger charge is 2.46. The molecule has 43 heteroatoms. The van der Waals surface area contributed by atoms with Gasteiger partial charge in [0.25, 0.3) is 15.6 Å². The lowest BCUT2D eigenvalue weighted by Gasteiger charge is -2.42. The van der Waals surface area contributed by atoms with Gasteiger partial charge in [-0.05, 0) is 76.5 Å². The Labute approximate surface area is 675 Å². The molecule has 684 valence electrons. The van der Waals surface area contributed by atoms with E-state index in [1.54, 1.807) is 14.0 Å². The number of carbonyl (C=O) groups is 1. The van der Waals surface area contributed by atoms with Crippen LogP contribution in [0.25, 0.3) is 0 Å². The van der Waals surface area contributed by atoms with Gasteiger partial charge < -0.3 is 146 Å². The zero-order valence-electron chi connectivity index (χ0n) is 67.9. The summed E-state index contributed by atoms with van der Waals surface area (Å²) < 4.78 is 162. The van der Waals surface area contributed by atoms with Crippen LogP contribution in [0.4, 0.5) is 0 Å². The third-order valence-electron chi connectivity index (χ3n) is 17.9. The van der Waals surface area contributed by atoms with Crippen LogP contribution in [0.2, 0.25) is 0 Å². The molecule has 0 spiro atoms. The van der Waals surface area contributed by atoms with Crippen molar-refractivity contribution >= 4 is 37.2 Å². The Morgan fingerprint density at radius 2 is 0.728 bits per heavy atom. The van der Waals surface area contributed by atoms with E-state index in [0.29, 0.717) is 103 Å². The van der Waals surface area contributed by atoms with Crippen LogP contribution in [0, 0.1) is 29.1 Å². The molecule has 12 N–H and O–H groups in total. The van der Waals surface area contributed by atoms with Crippen molar-refractivity contribution in [2.75, 3.05) is 179 Å². The molecule has 3 saturated heterocycles. The predicted molar refractivity (Wildman–Crippen MR) is 410 cm³/mol. The third-order valence-corrected chi connectivity index (χ3v) is 21.9. The highest BCUT2D eigenvalue weighted by atomic mass is 31.2. The zero-order valence-corrected chi connectivity index (χ0v) is 71.5. The van der Waals surface area contributed by atoms with Crippen molar-refractivity contribution in [1.82, 2.24) is 5.32 Å². The standard InChI is InChI=1S/C66H131NO38P4.2C2H6.CH4/c1-49-50(2)63(103-54(40-69)58(49)73)92-29-12-6-9-15-32-95-106(78,79)98-36-20-26-89-45-66(48-102-109(84,85)101-35-19-25-88-44-53(39-68)43-87-24-18-23-86-5,46-90-27-21-37-99-107(80,81)96-33-16-10-7-13-30-93-64-51(3)59(74)60(75)55(41-70)104-64)47-91-28-22-38-100-108(82,83)97-34-17-11-8-14-31-94-65-57(67-52(4)72)62(77)61(76)56(42-71)105-65;2*1-2;/h49-51,53-65,68-71,73-77H,6-48H2,1-5H3,(H,67,72)(H,78,79)(H,80,81)(H,82,83)(H,84,85);2*1-2H3;1H4/p-2/t49-,50?,51?,53?,54?,55?,56?,57?,58-,59-,60+,61+,62-,63-,64-,65-,66?;;;/m1.../s1. The van der Waals surface area contributed by atoms with Crippen LogP contribution in [-0.4, -0.2) is 314 Å². The minimum atomic E-state index is -5.12. The molecule has 0 bridgehead atoms. The molecule has 39 nitrogen and oxygen atoms in total. The Kier molecular flexibility index (Phi) is 66.1. The Balaban J connectivity index is 0.0000251. The maximum atomic E-state index is 13.4. The van der Waals surface area contributed by atoms with Crippen molar-refractivity contribution in [3.63, 3.8) is 0 Å². The molecule has 3 heterocycles. The van der Waals surface area contributed by atoms with E-state index in [4.69, 9.17) is 93.0 Å². The molecule has 0 saturated carbocycles. The molecule has 12 unspecified atom stereocenters. The van der Waals surface area contributed by atoms with E-state index in [2.05, 4.69) is 5.32 Å². The minimum Gasteiger partial charge on any atom is -0.756 e. The topological polar surface area (TPSA) is 551 Å². The number of aliphatic hydroxyl groups is 9. The van der Waals surface area contributed by atoms with Crippen molar-refractivity contribution in [3.8, 4) is 0 Å². The molecule has 21 atom stereocenters. The second-order valence-electron chi connectivity index (χ2n) is 27.3. The quantitative estimate of drug-likeness (QED) is 0.0298. The Morgan fingerprint density at radius 3 is 1.12 bits per heavy atom. The fraction of sp³-hybridized carbons (Fsp3) is 0.986. The summed E-state index contributed by atoms with van der Waals surface area (Å²) in [5.74, 6) is -1.64. The Morgan fingerprint density at radius 1 is 0.404 bits per heavy atom. The number of amides is 1. The lowest BCUT2D eigenvalue weighted by molar-refractivity contribution is -0.282. The van der Waals surface area contributed by atoms with Gasteiger partial charge in [-0.2, -0.15) is 0 Å². The lowest BCUT2D eigenvalue weighted by Crippen LogP contribution is -2.64. The number of unbranched alkanes of at least 4 members (excludes halogenated alkanes) is 9. The van der Waals surface area contributed by atoms with Crippen LogP contribution in [0.5, 0.6) is 0 Å². The van der Waals surface area contributed by atoms with E-state index in [1.165, 1.54) is 6.92 Å². The zero-order chi connectivity index (χ0) is 84.6. The molecule has 0 aliphatic carbocycles. The number of nitrogens with one attached hydrogen (secondary N) is 1. The number of aliphatic hydroxyl groups excluding tert-OH is 9. The lowest BCUT2D eigenvalue weighted by atomic mass is 9.85. The van der Waals surface area contributed by atoms with E-state index in [9.17, 15) is 88.6 Å². The number of rotatable bonds is 69. The van der Waals surface area contributed by atoms with E-state index in [1.807, 2.05) is 41.5 Å². The first kappa shape index (κ1) is 113. The smallest absolute Gasteiger partial charge is 0.472 e. The maximum Gasteiger partial charge on any atom is 0.472 e. The van der Waals surface area contributed by atoms with Gasteiger partial charge in [0, 0.05) is 91.2 Å². The van der Waals surface area contributed by atoms with E-state index < -0.39 is 149 Å². The van der Waals surface area contributed by atoms with E-state index in [0.717, 1.165) is 0 Å². The number of phosphoric acid groups is 4. The number of carbonyl (C=O) groups excluding carboxylic acids is 1. The molecule has 114 heavy (non-hydrogen) atoms. The molecule has 0 aromatic carbocycles. The van der Waals surface area contributed by atoms with Gasteiger partial charge in [-0.3, -0.25) is 32.0 Å². The summed E-state index contributed by atoms with van der Waals surface area (Å²) in [7, 11) is -17.4. The van der Waals surface area contributed by atoms with Gasteiger partial charge in [0.1, 0.15) is 42.7 Å². The summed E-state index contributed by atoms with van der Waals surface area (Å²) >= 11 is 0. The molecule has 3 rings (SSSR count). The summed E-state index contributed by atoms with van der Waals surface area (Å²) in [6.45, 7) is 10.9. The average Bonchev–Trinajstić information content (AvgIpc) is 0.674. The second-order valence-corrected chi connectivity index (χ2v) is 33.1. The molecule has 0 aromatic rings. The highest BCUT2D eigenvalue weighted by molar-refractivity contribution is 7.47. The van der Waals surface area contributed by atoms with Crippen molar-refractivity contribution in [2.24, 2.45) is 29.1 Å². The molecule has 3 aliphatic rings. The van der Waals surface area contributed by atoms with Crippen LogP contribution in [0.15, 0.2) is 0 Å². The number of methoxy groups -OCH3 is 1. The van der Waals surface area contributed by atoms with Crippen LogP contribution in [-0.2, 0) is 116 Å². The van der Waals surface area contributed by atoms with Gasteiger partial charge >= 0.3 is 15.6 Å². The molecule has 0 aromatic heterocycles. The molecular weight excluding hydrogens is 1600 g/mol. The largest absolute Gasteiger partial charge is 0.756 e. The number of hydrogen-bond donors (Lipinski definition) is 12. The normalized spacial score (nSPS) is 26.7. The van der Waals surface area contributed by atoms with Gasteiger partial charge in [-0.25, -0.2) is 9.13 Å². The molecule has 3 aliphatic heterocycles. The monoisotopic (exact) mass is 1740 g/mol. The molecule has 3 fully saturated rings. The number of hydrogen-bond acceptors (Lipinski definition) is 36. The molecule has 1 amide bonds. The van der Waals surface area contributed by atoms with Crippen molar-refractivity contribution in [2.45, 2.75) is 246 Å². The summed E-state index contributed by atoms with van der Waals surface area (Å²) in [5.41, 5.74) is -1.52. The fourth-order valence-corrected chi connectivity index (χ4v) is 14.5. The van der Waals surface area contributed by atoms with Gasteiger partial charge in [0.2, 0.25) is 5.91 Å². The second kappa shape index (κ2) is 66.6. The van der Waals surface area contributed by atoms with Crippen LogP contribution >= 0.6 is 31.3 Å². The van der Waals surface area contributed by atoms with Crippen LogP contribution in [0.1, 0.15) is 172 Å². The first-order chi connectivity index (χ1) is 54.0. The van der Waals surface area contributed by atoms with Gasteiger partial charge in [-0.1, -0.05) is 94.4 Å². The fourth-order valence-electron chi connectivity index (χ4n) is 11.2. The summed E-state index contributed by atoms with van der Waals surface area (Å²) in [6.07, 6.45) is -4.49. The van der Waals surface area contributed by atoms with Gasteiger partial charge in [0.05, 0.1) is 130 Å². The van der Waals surface area contributed by atoms with Gasteiger partial charge in [-0.15, -0.1) is 0 Å². The molecule has 0 radical (unpaired) electrons. The average molecular weight is 1740 g/mol. The summed E-state index contributed by atoms with van der Waals surface area (Å²) in [6, 6.07) is -1.10. The van der Waals surface area contributed by atoms with Gasteiger partial charge in [0.15, 0.2) is 18.9 Å². The predicted octanol–water partition coefficient (Wildman–Crippen LogP) is 4.32. The Bertz CT molecular complexity index is 2430. The summed E-state index contributed by atoms with van der Waals surface area (Å²) in [5, 5.41) is 92.4. The first-order valence-electron chi connectivity index (χ1n) is 39.7. The minimum absolute atomic E-state index is 0. The van der Waals surface area contributed by atoms with E-state index >= 15 is 0 Å². The number of ether oxygens (including phenoxy) is 12. The Hall–Kier alpha value is -0.930. The van der Waals surface area contributed by atoms with Crippen molar-refractivity contribution < 1.29 is 182 Å². The first-order valence-corrected chi connectivity index (χ1v) is 45.6. The highest BCUT2D eigenvalue weighted by Crippen LogP contribution is 2.45. The van der Waals surface area contributed by atoms with Crippen molar-refractivity contribution in [1.29, 1.82) is 0 Å². The number of phosphoric ester groups is 4.